The molecular weight excluding hydrogens is 340 g/mol. The van der Waals surface area contributed by atoms with Crippen molar-refractivity contribution in [2.75, 3.05) is 26.2 Å². The van der Waals surface area contributed by atoms with Gasteiger partial charge in [0.2, 0.25) is 5.91 Å². The van der Waals surface area contributed by atoms with E-state index in [0.717, 1.165) is 39.0 Å². The molecule has 1 amide bonds. The summed E-state index contributed by atoms with van der Waals surface area (Å²) in [6.07, 6.45) is 6.18. The number of likely N-dealkylation sites (tertiary alicyclic amines) is 1. The van der Waals surface area contributed by atoms with Crippen LogP contribution in [0.3, 0.4) is 0 Å². The van der Waals surface area contributed by atoms with Crippen LogP contribution in [0.2, 0.25) is 0 Å². The number of Topliss-reactive ketones (excluding diaryl/α,β-unsaturated/α-hetero) is 1. The van der Waals surface area contributed by atoms with Crippen molar-refractivity contribution >= 4 is 11.7 Å². The number of ether oxygens (including phenoxy) is 1. The second-order valence-electron chi connectivity index (χ2n) is 8.71. The van der Waals surface area contributed by atoms with E-state index in [9.17, 15) is 9.59 Å². The lowest BCUT2D eigenvalue weighted by Crippen LogP contribution is -2.45. The zero-order valence-corrected chi connectivity index (χ0v) is 15.8. The fourth-order valence-electron chi connectivity index (χ4n) is 5.76. The van der Waals surface area contributed by atoms with Crippen molar-refractivity contribution in [1.82, 2.24) is 10.2 Å². The van der Waals surface area contributed by atoms with Gasteiger partial charge in [0.05, 0.1) is 12.0 Å². The number of fused-ring (bicyclic) bond motifs is 3. The van der Waals surface area contributed by atoms with E-state index in [1.165, 1.54) is 19.3 Å². The maximum absolute atomic E-state index is 12.7. The number of carbonyl (C=O) groups excluding carboxylic acids is 2. The molecule has 144 valence electrons. The number of para-hydroxylation sites is 1. The predicted molar refractivity (Wildman–Crippen MR) is 102 cm³/mol. The Labute approximate surface area is 160 Å². The number of amides is 1. The number of benzene rings is 1. The minimum Gasteiger partial charge on any atom is -0.486 e. The van der Waals surface area contributed by atoms with E-state index < -0.39 is 5.60 Å². The van der Waals surface area contributed by atoms with Gasteiger partial charge in [-0.25, -0.2) is 0 Å². The van der Waals surface area contributed by atoms with Crippen molar-refractivity contribution < 1.29 is 14.3 Å². The summed E-state index contributed by atoms with van der Waals surface area (Å²) < 4.78 is 6.38. The fourth-order valence-corrected chi connectivity index (χ4v) is 5.76. The average Bonchev–Trinajstić information content (AvgIpc) is 3.34. The third-order valence-electron chi connectivity index (χ3n) is 7.12. The molecule has 0 aromatic heterocycles. The van der Waals surface area contributed by atoms with Crippen LogP contribution in [-0.2, 0) is 4.79 Å². The number of hydrogen-bond acceptors (Lipinski definition) is 4. The highest BCUT2D eigenvalue weighted by Gasteiger charge is 2.70. The Morgan fingerprint density at radius 3 is 2.89 bits per heavy atom. The van der Waals surface area contributed by atoms with Crippen molar-refractivity contribution in [2.24, 2.45) is 17.8 Å². The summed E-state index contributed by atoms with van der Waals surface area (Å²) in [5.41, 5.74) is 0.236. The third-order valence-corrected chi connectivity index (χ3v) is 7.12. The van der Waals surface area contributed by atoms with Gasteiger partial charge in [-0.2, -0.15) is 0 Å². The Hall–Kier alpha value is -1.88. The van der Waals surface area contributed by atoms with Gasteiger partial charge in [0.25, 0.3) is 0 Å². The van der Waals surface area contributed by atoms with Crippen LogP contribution in [0.25, 0.3) is 0 Å². The van der Waals surface area contributed by atoms with E-state index >= 15 is 0 Å². The minimum absolute atomic E-state index is 0.0261. The second-order valence-corrected chi connectivity index (χ2v) is 8.71. The Morgan fingerprint density at radius 2 is 2.04 bits per heavy atom. The molecule has 27 heavy (non-hydrogen) atoms. The summed E-state index contributed by atoms with van der Waals surface area (Å²) in [4.78, 5) is 27.8. The molecule has 1 aromatic carbocycles. The van der Waals surface area contributed by atoms with Crippen molar-refractivity contribution in [3.63, 3.8) is 0 Å². The highest BCUT2D eigenvalue weighted by Crippen LogP contribution is 2.65. The van der Waals surface area contributed by atoms with Gasteiger partial charge < -0.3 is 15.0 Å². The highest BCUT2D eigenvalue weighted by atomic mass is 16.5. The first-order valence-electron chi connectivity index (χ1n) is 10.5. The summed E-state index contributed by atoms with van der Waals surface area (Å²) in [5, 5.41) is 3.15. The zero-order valence-electron chi connectivity index (χ0n) is 15.8. The molecule has 5 nitrogen and oxygen atoms in total. The number of nitrogens with zero attached hydrogens (tertiary/aromatic N) is 1. The SMILES string of the molecule is O=C1CC2(CCC3C(C(=O)NCCN4CCCCC4)C32)Oc2ccccc21. The minimum atomic E-state index is -0.453. The lowest BCUT2D eigenvalue weighted by atomic mass is 9.84. The van der Waals surface area contributed by atoms with Crippen LogP contribution in [0.5, 0.6) is 5.75 Å². The third kappa shape index (κ3) is 2.96. The van der Waals surface area contributed by atoms with Crippen molar-refractivity contribution in [3.8, 4) is 5.75 Å². The first-order chi connectivity index (χ1) is 13.2. The van der Waals surface area contributed by atoms with Gasteiger partial charge in [0.1, 0.15) is 11.4 Å². The maximum atomic E-state index is 12.7. The molecular formula is C22H28N2O3. The van der Waals surface area contributed by atoms with Crippen LogP contribution < -0.4 is 10.1 Å². The Bertz CT molecular complexity index is 758. The number of piperidine rings is 1. The Kier molecular flexibility index (Phi) is 4.23. The van der Waals surface area contributed by atoms with Crippen LogP contribution in [0.4, 0.5) is 0 Å². The predicted octanol–water partition coefficient (Wildman–Crippen LogP) is 2.65. The Morgan fingerprint density at radius 1 is 1.22 bits per heavy atom. The molecule has 1 aromatic rings. The average molecular weight is 368 g/mol. The molecule has 0 radical (unpaired) electrons. The molecule has 5 rings (SSSR count). The van der Waals surface area contributed by atoms with E-state index in [-0.39, 0.29) is 23.5 Å². The summed E-state index contributed by atoms with van der Waals surface area (Å²) in [6, 6.07) is 7.52. The van der Waals surface area contributed by atoms with Gasteiger partial charge in [0.15, 0.2) is 5.78 Å². The molecule has 4 unspecified atom stereocenters. The Balaban J connectivity index is 1.21. The van der Waals surface area contributed by atoms with Crippen LogP contribution in [-0.4, -0.2) is 48.4 Å². The largest absolute Gasteiger partial charge is 0.486 e. The highest BCUT2D eigenvalue weighted by molar-refractivity contribution is 6.00. The van der Waals surface area contributed by atoms with Crippen LogP contribution in [0.1, 0.15) is 48.9 Å². The van der Waals surface area contributed by atoms with Crippen LogP contribution in [0.15, 0.2) is 24.3 Å². The van der Waals surface area contributed by atoms with E-state index in [4.69, 9.17) is 4.74 Å². The van der Waals surface area contributed by atoms with Gasteiger partial charge in [-0.15, -0.1) is 0 Å². The molecule has 1 saturated heterocycles. The quantitative estimate of drug-likeness (QED) is 0.888. The van der Waals surface area contributed by atoms with Gasteiger partial charge in [-0.1, -0.05) is 18.6 Å². The van der Waals surface area contributed by atoms with Gasteiger partial charge >= 0.3 is 0 Å². The van der Waals surface area contributed by atoms with E-state index in [0.29, 0.717) is 23.7 Å². The molecule has 5 heteroatoms. The number of ketones is 1. The smallest absolute Gasteiger partial charge is 0.223 e. The fraction of sp³-hybridized carbons (Fsp3) is 0.636. The van der Waals surface area contributed by atoms with Crippen LogP contribution >= 0.6 is 0 Å². The van der Waals surface area contributed by atoms with Crippen molar-refractivity contribution in [2.45, 2.75) is 44.1 Å². The lowest BCUT2D eigenvalue weighted by Gasteiger charge is -2.37. The summed E-state index contributed by atoms with van der Waals surface area (Å²) >= 11 is 0. The first-order valence-corrected chi connectivity index (χ1v) is 10.5. The number of hydrogen-bond donors (Lipinski definition) is 1. The van der Waals surface area contributed by atoms with Gasteiger partial charge in [-0.05, 0) is 56.8 Å². The molecule has 1 spiro atoms. The van der Waals surface area contributed by atoms with E-state index in [1.807, 2.05) is 24.3 Å². The number of nitrogens with one attached hydrogen (secondary N) is 1. The molecule has 4 atom stereocenters. The normalized spacial score (nSPS) is 34.7. The summed E-state index contributed by atoms with van der Waals surface area (Å²) in [5.74, 6) is 1.64. The molecule has 0 bridgehead atoms. The van der Waals surface area contributed by atoms with E-state index in [1.54, 1.807) is 0 Å². The zero-order chi connectivity index (χ0) is 18.4. The molecule has 2 aliphatic carbocycles. The number of carbonyl (C=O) groups is 2. The van der Waals surface area contributed by atoms with Crippen molar-refractivity contribution in [1.29, 1.82) is 0 Å². The molecule has 3 fully saturated rings. The van der Waals surface area contributed by atoms with Crippen molar-refractivity contribution in [3.05, 3.63) is 29.8 Å². The standard InChI is InChI=1S/C22H28N2O3/c25-17-14-22(27-18-7-3-2-6-15(17)18)9-8-16-19(20(16)22)21(26)23-10-13-24-11-4-1-5-12-24/h2-3,6-7,16,19-20H,1,4-5,8-14H2,(H,23,26). The van der Waals surface area contributed by atoms with Crippen LogP contribution in [0, 0.1) is 17.8 Å². The second kappa shape index (κ2) is 6.62. The summed E-state index contributed by atoms with van der Waals surface area (Å²) in [7, 11) is 0. The van der Waals surface area contributed by atoms with E-state index in [2.05, 4.69) is 10.2 Å². The maximum Gasteiger partial charge on any atom is 0.223 e. The molecule has 2 heterocycles. The topological polar surface area (TPSA) is 58.6 Å². The monoisotopic (exact) mass is 368 g/mol. The molecule has 2 aliphatic heterocycles. The summed E-state index contributed by atoms with van der Waals surface area (Å²) in [6.45, 7) is 3.98. The lowest BCUT2D eigenvalue weighted by molar-refractivity contribution is -0.124. The molecule has 4 aliphatic rings. The van der Waals surface area contributed by atoms with Gasteiger partial charge in [-0.3, -0.25) is 9.59 Å². The van der Waals surface area contributed by atoms with Gasteiger partial charge in [0, 0.05) is 24.9 Å². The first kappa shape index (κ1) is 17.2. The number of rotatable bonds is 4. The molecule has 2 saturated carbocycles. The molecule has 1 N–H and O–H groups in total.